The first kappa shape index (κ1) is 14.2. The van der Waals surface area contributed by atoms with Crippen LogP contribution in [0.3, 0.4) is 0 Å². The van der Waals surface area contributed by atoms with Crippen molar-refractivity contribution in [3.05, 3.63) is 12.7 Å². The number of nitrogens with two attached hydrogens (primary N) is 1. The Morgan fingerprint density at radius 2 is 2.35 bits per heavy atom. The standard InChI is InChI=1S/C13H25N3O/c1-4-5-12(14)13(17)15-8-11-6-7-16(9-11)10(2)3/h4,10-12H,1,5-9,14H2,2-3H3,(H,15,17). The van der Waals surface area contributed by atoms with Crippen LogP contribution in [0.4, 0.5) is 0 Å². The summed E-state index contributed by atoms with van der Waals surface area (Å²) in [5, 5.41) is 2.93. The second kappa shape index (κ2) is 6.77. The maximum absolute atomic E-state index is 11.6. The molecule has 0 aromatic carbocycles. The van der Waals surface area contributed by atoms with E-state index in [9.17, 15) is 4.79 Å². The van der Waals surface area contributed by atoms with Crippen molar-refractivity contribution in [1.29, 1.82) is 0 Å². The molecule has 0 aromatic rings. The highest BCUT2D eigenvalue weighted by Crippen LogP contribution is 2.17. The molecule has 98 valence electrons. The lowest BCUT2D eigenvalue weighted by molar-refractivity contribution is -0.122. The quantitative estimate of drug-likeness (QED) is 0.672. The number of nitrogens with one attached hydrogen (secondary N) is 1. The third kappa shape index (κ3) is 4.48. The van der Waals surface area contributed by atoms with Gasteiger partial charge in [-0.1, -0.05) is 6.08 Å². The maximum atomic E-state index is 11.6. The van der Waals surface area contributed by atoms with Gasteiger partial charge in [-0.3, -0.25) is 4.79 Å². The predicted molar refractivity (Wildman–Crippen MR) is 70.6 cm³/mol. The molecule has 0 aromatic heterocycles. The number of nitrogens with zero attached hydrogens (tertiary/aromatic N) is 1. The molecule has 4 nitrogen and oxygen atoms in total. The van der Waals surface area contributed by atoms with Gasteiger partial charge in [-0.15, -0.1) is 6.58 Å². The van der Waals surface area contributed by atoms with Crippen molar-refractivity contribution in [2.45, 2.75) is 38.8 Å². The molecule has 0 aliphatic carbocycles. The normalized spacial score (nSPS) is 22.7. The number of amides is 1. The fraction of sp³-hybridized carbons (Fsp3) is 0.769. The van der Waals surface area contributed by atoms with Crippen LogP contribution in [0, 0.1) is 5.92 Å². The molecular formula is C13H25N3O. The molecule has 0 bridgehead atoms. The Kier molecular flexibility index (Phi) is 5.65. The van der Waals surface area contributed by atoms with Crippen LogP contribution in [0.2, 0.25) is 0 Å². The molecule has 1 fully saturated rings. The van der Waals surface area contributed by atoms with Crippen molar-refractivity contribution >= 4 is 5.91 Å². The number of rotatable bonds is 6. The molecule has 1 saturated heterocycles. The molecular weight excluding hydrogens is 214 g/mol. The van der Waals surface area contributed by atoms with E-state index >= 15 is 0 Å². The van der Waals surface area contributed by atoms with Crippen LogP contribution in [0.5, 0.6) is 0 Å². The molecule has 0 radical (unpaired) electrons. The average Bonchev–Trinajstić information content (AvgIpc) is 2.75. The van der Waals surface area contributed by atoms with E-state index in [1.807, 2.05) is 0 Å². The fourth-order valence-corrected chi connectivity index (χ4v) is 2.16. The average molecular weight is 239 g/mol. The molecule has 4 heteroatoms. The summed E-state index contributed by atoms with van der Waals surface area (Å²) in [5.74, 6) is 0.505. The second-order valence-corrected chi connectivity index (χ2v) is 5.12. The Bertz CT molecular complexity index is 265. The van der Waals surface area contributed by atoms with Gasteiger partial charge in [0.1, 0.15) is 0 Å². The minimum atomic E-state index is -0.449. The van der Waals surface area contributed by atoms with Crippen LogP contribution in [0.25, 0.3) is 0 Å². The molecule has 0 spiro atoms. The van der Waals surface area contributed by atoms with E-state index in [0.717, 1.165) is 26.1 Å². The Morgan fingerprint density at radius 3 is 2.88 bits per heavy atom. The van der Waals surface area contributed by atoms with E-state index in [4.69, 9.17) is 5.73 Å². The number of carbonyl (C=O) groups excluding carboxylic acids is 1. The summed E-state index contributed by atoms with van der Waals surface area (Å²) >= 11 is 0. The lowest BCUT2D eigenvalue weighted by Gasteiger charge is -2.20. The zero-order chi connectivity index (χ0) is 12.8. The smallest absolute Gasteiger partial charge is 0.237 e. The summed E-state index contributed by atoms with van der Waals surface area (Å²) < 4.78 is 0. The van der Waals surface area contributed by atoms with Crippen LogP contribution < -0.4 is 11.1 Å². The van der Waals surface area contributed by atoms with Crippen molar-refractivity contribution in [2.24, 2.45) is 11.7 Å². The SMILES string of the molecule is C=CCC(N)C(=O)NCC1CCN(C(C)C)C1. The third-order valence-electron chi connectivity index (χ3n) is 3.37. The molecule has 17 heavy (non-hydrogen) atoms. The topological polar surface area (TPSA) is 58.4 Å². The van der Waals surface area contributed by atoms with E-state index in [-0.39, 0.29) is 5.91 Å². The summed E-state index contributed by atoms with van der Waals surface area (Å²) in [5.41, 5.74) is 5.69. The Labute approximate surface area is 104 Å². The van der Waals surface area contributed by atoms with Gasteiger partial charge in [0, 0.05) is 19.1 Å². The molecule has 1 amide bonds. The lowest BCUT2D eigenvalue weighted by atomic mass is 10.1. The first-order chi connectivity index (χ1) is 8.04. The molecule has 1 aliphatic heterocycles. The number of hydrogen-bond donors (Lipinski definition) is 2. The zero-order valence-corrected chi connectivity index (χ0v) is 11.0. The Morgan fingerprint density at radius 1 is 1.65 bits per heavy atom. The summed E-state index contributed by atoms with van der Waals surface area (Å²) in [7, 11) is 0. The molecule has 2 unspecified atom stereocenters. The first-order valence-electron chi connectivity index (χ1n) is 6.42. The van der Waals surface area contributed by atoms with Gasteiger partial charge in [-0.05, 0) is 39.2 Å². The molecule has 1 rings (SSSR count). The van der Waals surface area contributed by atoms with Gasteiger partial charge in [0.15, 0.2) is 0 Å². The highest BCUT2D eigenvalue weighted by atomic mass is 16.2. The van der Waals surface area contributed by atoms with Crippen molar-refractivity contribution in [1.82, 2.24) is 10.2 Å². The molecule has 0 saturated carbocycles. The van der Waals surface area contributed by atoms with Crippen molar-refractivity contribution in [3.8, 4) is 0 Å². The van der Waals surface area contributed by atoms with Gasteiger partial charge in [0.05, 0.1) is 6.04 Å². The van der Waals surface area contributed by atoms with Gasteiger partial charge in [0.25, 0.3) is 0 Å². The third-order valence-corrected chi connectivity index (χ3v) is 3.37. The fourth-order valence-electron chi connectivity index (χ4n) is 2.16. The maximum Gasteiger partial charge on any atom is 0.237 e. The van der Waals surface area contributed by atoms with Crippen molar-refractivity contribution in [3.63, 3.8) is 0 Å². The molecule has 3 N–H and O–H groups in total. The largest absolute Gasteiger partial charge is 0.354 e. The molecule has 1 heterocycles. The summed E-state index contributed by atoms with van der Waals surface area (Å²) in [6.45, 7) is 11.0. The summed E-state index contributed by atoms with van der Waals surface area (Å²) in [6.07, 6.45) is 3.38. The van der Waals surface area contributed by atoms with Crippen LogP contribution in [0.1, 0.15) is 26.7 Å². The predicted octanol–water partition coefficient (Wildman–Crippen LogP) is 0.736. The number of carbonyl (C=O) groups is 1. The number of likely N-dealkylation sites (tertiary alicyclic amines) is 1. The second-order valence-electron chi connectivity index (χ2n) is 5.12. The number of hydrogen-bond acceptors (Lipinski definition) is 3. The Hall–Kier alpha value is -0.870. The van der Waals surface area contributed by atoms with E-state index in [1.165, 1.54) is 0 Å². The van der Waals surface area contributed by atoms with Gasteiger partial charge < -0.3 is 16.0 Å². The summed E-state index contributed by atoms with van der Waals surface area (Å²) in [6, 6.07) is 0.147. The Balaban J connectivity index is 2.23. The van der Waals surface area contributed by atoms with Crippen molar-refractivity contribution in [2.75, 3.05) is 19.6 Å². The monoisotopic (exact) mass is 239 g/mol. The van der Waals surface area contributed by atoms with E-state index in [2.05, 4.69) is 30.6 Å². The van der Waals surface area contributed by atoms with Crippen molar-refractivity contribution < 1.29 is 4.79 Å². The highest BCUT2D eigenvalue weighted by Gasteiger charge is 2.24. The van der Waals surface area contributed by atoms with Crippen LogP contribution in [-0.2, 0) is 4.79 Å². The van der Waals surface area contributed by atoms with Gasteiger partial charge in [-0.25, -0.2) is 0 Å². The van der Waals surface area contributed by atoms with Crippen LogP contribution >= 0.6 is 0 Å². The zero-order valence-electron chi connectivity index (χ0n) is 11.0. The van der Waals surface area contributed by atoms with Crippen LogP contribution in [0.15, 0.2) is 12.7 Å². The van der Waals surface area contributed by atoms with Crippen LogP contribution in [-0.4, -0.2) is 42.5 Å². The van der Waals surface area contributed by atoms with E-state index in [0.29, 0.717) is 18.4 Å². The van der Waals surface area contributed by atoms with Gasteiger partial charge in [0.2, 0.25) is 5.91 Å². The molecule has 2 atom stereocenters. The van der Waals surface area contributed by atoms with E-state index in [1.54, 1.807) is 6.08 Å². The van der Waals surface area contributed by atoms with E-state index < -0.39 is 6.04 Å². The highest BCUT2D eigenvalue weighted by molar-refractivity contribution is 5.81. The molecule has 1 aliphatic rings. The minimum absolute atomic E-state index is 0.0621. The van der Waals surface area contributed by atoms with Gasteiger partial charge in [-0.2, -0.15) is 0 Å². The van der Waals surface area contributed by atoms with Gasteiger partial charge >= 0.3 is 0 Å². The summed E-state index contributed by atoms with van der Waals surface area (Å²) in [4.78, 5) is 14.1. The lowest BCUT2D eigenvalue weighted by Crippen LogP contribution is -2.42. The first-order valence-corrected chi connectivity index (χ1v) is 6.42. The minimum Gasteiger partial charge on any atom is -0.354 e.